The van der Waals surface area contributed by atoms with Gasteiger partial charge in [-0.05, 0) is 65.6 Å². The Hall–Kier alpha value is -1.07. The van der Waals surface area contributed by atoms with Crippen LogP contribution in [-0.4, -0.2) is 25.2 Å². The largest absolute Gasteiger partial charge is 0.462 e. The third-order valence-electron chi connectivity index (χ3n) is 3.82. The second-order valence-corrected chi connectivity index (χ2v) is 8.42. The monoisotopic (exact) mass is 446 g/mol. The number of ether oxygens (including phenoxy) is 2. The number of benzene rings is 1. The summed E-state index contributed by atoms with van der Waals surface area (Å²) in [6.45, 7) is 9.10. The van der Waals surface area contributed by atoms with Gasteiger partial charge in [0.15, 0.2) is 0 Å². The van der Waals surface area contributed by atoms with Crippen LogP contribution in [0.3, 0.4) is 0 Å². The lowest BCUT2D eigenvalue weighted by molar-refractivity contribution is 0.0447. The highest BCUT2D eigenvalue weighted by Crippen LogP contribution is 2.27. The molecule has 0 heterocycles. The van der Waals surface area contributed by atoms with Crippen LogP contribution in [0.5, 0.6) is 0 Å². The summed E-state index contributed by atoms with van der Waals surface area (Å²) >= 11 is 9.38. The van der Waals surface area contributed by atoms with Gasteiger partial charge in [-0.1, -0.05) is 39.3 Å². The minimum absolute atomic E-state index is 0.136. The summed E-state index contributed by atoms with van der Waals surface area (Å²) in [4.78, 5) is 24.8. The first-order valence-electron chi connectivity index (χ1n) is 9.05. The smallest absolute Gasteiger partial charge is 0.339 e. The number of hydrogen-bond donors (Lipinski definition) is 0. The van der Waals surface area contributed by atoms with E-state index in [1.165, 1.54) is 12.1 Å². The first kappa shape index (κ1) is 23.0. The van der Waals surface area contributed by atoms with Crippen LogP contribution in [0.1, 0.15) is 74.1 Å². The molecule has 4 nitrogen and oxygen atoms in total. The third-order valence-corrected chi connectivity index (χ3v) is 5.02. The summed E-state index contributed by atoms with van der Waals surface area (Å²) in [5.41, 5.74) is 0.302. The fourth-order valence-corrected chi connectivity index (χ4v) is 2.86. The van der Waals surface area contributed by atoms with E-state index in [0.29, 0.717) is 34.5 Å². The van der Waals surface area contributed by atoms with E-state index in [1.807, 2.05) is 0 Å². The molecule has 1 rings (SSSR count). The molecule has 1 aromatic carbocycles. The predicted octanol–water partition coefficient (Wildman–Crippen LogP) is 6.29. The molecule has 0 fully saturated rings. The first-order valence-corrected chi connectivity index (χ1v) is 10.2. The van der Waals surface area contributed by atoms with Crippen LogP contribution >= 0.6 is 27.5 Å². The van der Waals surface area contributed by atoms with Gasteiger partial charge in [0.1, 0.15) is 0 Å². The van der Waals surface area contributed by atoms with Crippen molar-refractivity contribution in [3.8, 4) is 0 Å². The molecule has 0 bridgehead atoms. The second kappa shape index (κ2) is 11.6. The van der Waals surface area contributed by atoms with Crippen molar-refractivity contribution in [1.29, 1.82) is 0 Å². The zero-order valence-electron chi connectivity index (χ0n) is 15.9. The van der Waals surface area contributed by atoms with E-state index in [9.17, 15) is 9.59 Å². The van der Waals surface area contributed by atoms with E-state index < -0.39 is 11.9 Å². The average molecular weight is 448 g/mol. The number of carbonyl (C=O) groups excluding carboxylic acids is 2. The molecule has 26 heavy (non-hydrogen) atoms. The van der Waals surface area contributed by atoms with Crippen molar-refractivity contribution in [2.24, 2.45) is 11.8 Å². The van der Waals surface area contributed by atoms with Crippen LogP contribution in [0.4, 0.5) is 0 Å². The van der Waals surface area contributed by atoms with Gasteiger partial charge in [0.2, 0.25) is 0 Å². The number of esters is 2. The van der Waals surface area contributed by atoms with Crippen LogP contribution in [0.15, 0.2) is 16.6 Å². The fraction of sp³-hybridized carbons (Fsp3) is 0.600. The summed E-state index contributed by atoms with van der Waals surface area (Å²) in [5, 5.41) is 0.343. The number of rotatable bonds is 10. The highest BCUT2D eigenvalue weighted by atomic mass is 79.9. The van der Waals surface area contributed by atoms with Crippen molar-refractivity contribution >= 4 is 39.5 Å². The molecule has 6 heteroatoms. The van der Waals surface area contributed by atoms with Crippen LogP contribution in [0, 0.1) is 11.8 Å². The number of carbonyl (C=O) groups is 2. The SMILES string of the molecule is CC(C)CCCOC(=O)c1cc(Cl)c(Br)cc1C(=O)OCCCC(C)C. The van der Waals surface area contributed by atoms with E-state index in [-0.39, 0.29) is 11.1 Å². The molecule has 1 aromatic rings. The zero-order chi connectivity index (χ0) is 19.7. The van der Waals surface area contributed by atoms with Gasteiger partial charge < -0.3 is 9.47 Å². The summed E-state index contributed by atoms with van der Waals surface area (Å²) < 4.78 is 11.1. The van der Waals surface area contributed by atoms with Crippen molar-refractivity contribution in [2.75, 3.05) is 13.2 Å². The van der Waals surface area contributed by atoms with Crippen molar-refractivity contribution in [1.82, 2.24) is 0 Å². The summed E-state index contributed by atoms with van der Waals surface area (Å²) in [7, 11) is 0. The Balaban J connectivity index is 2.79. The molecule has 0 aliphatic carbocycles. The van der Waals surface area contributed by atoms with Crippen molar-refractivity contribution in [3.05, 3.63) is 32.8 Å². The Bertz CT molecular complexity index is 561. The maximum absolute atomic E-state index is 12.4. The molecule has 0 spiro atoms. The first-order chi connectivity index (χ1) is 12.2. The summed E-state index contributed by atoms with van der Waals surface area (Å²) in [6.07, 6.45) is 3.51. The Labute approximate surface area is 169 Å². The Morgan fingerprint density at radius 2 is 1.35 bits per heavy atom. The van der Waals surface area contributed by atoms with Gasteiger partial charge in [0.25, 0.3) is 0 Å². The van der Waals surface area contributed by atoms with Gasteiger partial charge in [0.05, 0.1) is 29.4 Å². The highest BCUT2D eigenvalue weighted by Gasteiger charge is 2.22. The van der Waals surface area contributed by atoms with Gasteiger partial charge in [-0.25, -0.2) is 9.59 Å². The molecule has 0 atom stereocenters. The maximum atomic E-state index is 12.4. The molecule has 0 aromatic heterocycles. The third kappa shape index (κ3) is 8.09. The van der Waals surface area contributed by atoms with Crippen LogP contribution in [0.2, 0.25) is 5.02 Å². The molecule has 0 radical (unpaired) electrons. The van der Waals surface area contributed by atoms with Crippen LogP contribution < -0.4 is 0 Å². The lowest BCUT2D eigenvalue weighted by Crippen LogP contribution is -2.15. The van der Waals surface area contributed by atoms with Gasteiger partial charge in [-0.3, -0.25) is 0 Å². The van der Waals surface area contributed by atoms with E-state index in [0.717, 1.165) is 25.7 Å². The Morgan fingerprint density at radius 1 is 0.923 bits per heavy atom. The molecule has 0 saturated carbocycles. The number of halogens is 2. The highest BCUT2D eigenvalue weighted by molar-refractivity contribution is 9.10. The summed E-state index contributed by atoms with van der Waals surface area (Å²) in [5.74, 6) is -0.000462. The predicted molar refractivity (Wildman–Crippen MR) is 108 cm³/mol. The molecule has 0 unspecified atom stereocenters. The lowest BCUT2D eigenvalue weighted by Gasteiger charge is -2.12. The van der Waals surface area contributed by atoms with E-state index in [1.54, 1.807) is 0 Å². The fourth-order valence-electron chi connectivity index (χ4n) is 2.35. The van der Waals surface area contributed by atoms with Gasteiger partial charge in [-0.2, -0.15) is 0 Å². The normalized spacial score (nSPS) is 11.1. The molecule has 0 aliphatic rings. The van der Waals surface area contributed by atoms with Crippen molar-refractivity contribution < 1.29 is 19.1 Å². The summed E-state index contributed by atoms with van der Waals surface area (Å²) in [6, 6.07) is 2.96. The zero-order valence-corrected chi connectivity index (χ0v) is 18.3. The quantitative estimate of drug-likeness (QED) is 0.312. The minimum atomic E-state index is -0.558. The molecule has 0 saturated heterocycles. The van der Waals surface area contributed by atoms with Gasteiger partial charge in [0, 0.05) is 4.47 Å². The average Bonchev–Trinajstić information content (AvgIpc) is 2.56. The van der Waals surface area contributed by atoms with Crippen LogP contribution in [-0.2, 0) is 9.47 Å². The molecular weight excluding hydrogens is 420 g/mol. The molecular formula is C20H28BrClO4. The van der Waals surface area contributed by atoms with E-state index in [4.69, 9.17) is 21.1 Å². The standard InChI is InChI=1S/C20H28BrClO4/c1-13(2)7-5-9-25-19(23)15-11-17(21)18(22)12-16(15)20(24)26-10-6-8-14(3)4/h11-14H,5-10H2,1-4H3. The van der Waals surface area contributed by atoms with Crippen LogP contribution in [0.25, 0.3) is 0 Å². The van der Waals surface area contributed by atoms with E-state index >= 15 is 0 Å². The maximum Gasteiger partial charge on any atom is 0.339 e. The second-order valence-electron chi connectivity index (χ2n) is 7.16. The van der Waals surface area contributed by atoms with E-state index in [2.05, 4.69) is 43.6 Å². The molecule has 146 valence electrons. The van der Waals surface area contributed by atoms with Gasteiger partial charge in [-0.15, -0.1) is 0 Å². The molecule has 0 N–H and O–H groups in total. The lowest BCUT2D eigenvalue weighted by atomic mass is 10.1. The van der Waals surface area contributed by atoms with Crippen molar-refractivity contribution in [3.63, 3.8) is 0 Å². The minimum Gasteiger partial charge on any atom is -0.462 e. The Morgan fingerprint density at radius 3 is 1.77 bits per heavy atom. The van der Waals surface area contributed by atoms with Gasteiger partial charge >= 0.3 is 11.9 Å². The van der Waals surface area contributed by atoms with Crippen molar-refractivity contribution in [2.45, 2.75) is 53.4 Å². The Kier molecular flexibility index (Phi) is 10.3. The topological polar surface area (TPSA) is 52.6 Å². The number of hydrogen-bond acceptors (Lipinski definition) is 4. The molecule has 0 aliphatic heterocycles. The molecule has 0 amide bonds.